The molecule has 0 saturated heterocycles. The molecule has 0 fully saturated rings. The van der Waals surface area contributed by atoms with Crippen LogP contribution in [-0.2, 0) is 9.09 Å². The molecule has 0 aromatic rings. The summed E-state index contributed by atoms with van der Waals surface area (Å²) in [5.74, 6) is 0. The maximum Gasteiger partial charge on any atom is 0.469 e. The van der Waals surface area contributed by atoms with Crippen LogP contribution in [0.3, 0.4) is 0 Å². The van der Waals surface area contributed by atoms with E-state index < -0.39 is 7.82 Å². The van der Waals surface area contributed by atoms with Crippen molar-refractivity contribution in [3.05, 3.63) is 0 Å². The lowest BCUT2D eigenvalue weighted by Crippen LogP contribution is -2.37. The molecule has 0 bridgehead atoms. The van der Waals surface area contributed by atoms with E-state index in [1.54, 1.807) is 6.92 Å². The van der Waals surface area contributed by atoms with Gasteiger partial charge in [0, 0.05) is 5.54 Å². The van der Waals surface area contributed by atoms with E-state index in [1.165, 1.54) is 0 Å². The van der Waals surface area contributed by atoms with Crippen LogP contribution in [0.1, 0.15) is 53.4 Å². The van der Waals surface area contributed by atoms with Crippen molar-refractivity contribution in [3.63, 3.8) is 0 Å². The first-order valence-electron chi connectivity index (χ1n) is 5.73. The van der Waals surface area contributed by atoms with Crippen molar-refractivity contribution in [2.45, 2.75) is 58.9 Å². The zero-order valence-corrected chi connectivity index (χ0v) is 11.7. The van der Waals surface area contributed by atoms with Crippen molar-refractivity contribution in [1.82, 2.24) is 0 Å². The molecule has 0 rings (SSSR count). The van der Waals surface area contributed by atoms with Gasteiger partial charge in [0.2, 0.25) is 0 Å². The van der Waals surface area contributed by atoms with Crippen LogP contribution in [0, 0.1) is 0 Å². The highest BCUT2D eigenvalue weighted by Gasteiger charge is 2.15. The van der Waals surface area contributed by atoms with Crippen LogP contribution >= 0.6 is 7.82 Å². The molecule has 0 aliphatic rings. The van der Waals surface area contributed by atoms with Crippen LogP contribution in [0.25, 0.3) is 0 Å². The monoisotopic (exact) mass is 255 g/mol. The number of phosphoric acid groups is 1. The van der Waals surface area contributed by atoms with Gasteiger partial charge in [0.1, 0.15) is 0 Å². The van der Waals surface area contributed by atoms with E-state index >= 15 is 0 Å². The summed E-state index contributed by atoms with van der Waals surface area (Å²) >= 11 is 0. The van der Waals surface area contributed by atoms with E-state index in [2.05, 4.69) is 25.3 Å². The third kappa shape index (κ3) is 12.1. The molecule has 0 spiro atoms. The van der Waals surface area contributed by atoms with E-state index in [9.17, 15) is 4.57 Å². The minimum Gasteiger partial charge on any atom is -0.325 e. The Morgan fingerprint density at radius 3 is 1.56 bits per heavy atom. The first-order chi connectivity index (χ1) is 7.24. The summed E-state index contributed by atoms with van der Waals surface area (Å²) in [7, 11) is -4.18. The zero-order chi connectivity index (χ0) is 13.2. The summed E-state index contributed by atoms with van der Waals surface area (Å²) in [6.07, 6.45) is 3.91. The van der Waals surface area contributed by atoms with Gasteiger partial charge in [0.15, 0.2) is 0 Å². The molecule has 0 saturated carbocycles. The van der Waals surface area contributed by atoms with Crippen LogP contribution in [0.15, 0.2) is 0 Å². The smallest absolute Gasteiger partial charge is 0.325 e. The second kappa shape index (κ2) is 9.14. The average Bonchev–Trinajstić information content (AvgIpc) is 2.25. The third-order valence-electron chi connectivity index (χ3n) is 2.58. The van der Waals surface area contributed by atoms with Gasteiger partial charge in [0.25, 0.3) is 0 Å². The maximum atomic E-state index is 9.86. The number of phosphoric ester groups is 1. The Balaban J connectivity index is 0. The summed E-state index contributed by atoms with van der Waals surface area (Å²) in [5, 5.41) is 0. The fourth-order valence-electron chi connectivity index (χ4n) is 0.960. The van der Waals surface area contributed by atoms with Crippen molar-refractivity contribution in [2.75, 3.05) is 6.61 Å². The lowest BCUT2D eigenvalue weighted by molar-refractivity contribution is 0.197. The molecule has 0 unspecified atom stereocenters. The van der Waals surface area contributed by atoms with Gasteiger partial charge < -0.3 is 15.5 Å². The number of hydrogen-bond donors (Lipinski definition) is 3. The quantitative estimate of drug-likeness (QED) is 0.634. The van der Waals surface area contributed by atoms with Gasteiger partial charge in [0.05, 0.1) is 6.61 Å². The largest absolute Gasteiger partial charge is 0.469 e. The summed E-state index contributed by atoms with van der Waals surface area (Å²) in [4.78, 5) is 16.1. The Bertz CT molecular complexity index is 193. The van der Waals surface area contributed by atoms with Crippen molar-refractivity contribution in [1.29, 1.82) is 0 Å². The highest BCUT2D eigenvalue weighted by molar-refractivity contribution is 7.46. The van der Waals surface area contributed by atoms with Crippen molar-refractivity contribution in [3.8, 4) is 0 Å². The zero-order valence-electron chi connectivity index (χ0n) is 10.8. The molecule has 4 N–H and O–H groups in total. The summed E-state index contributed by atoms with van der Waals surface area (Å²) < 4.78 is 13.9. The Labute approximate surface area is 98.6 Å². The van der Waals surface area contributed by atoms with E-state index in [0.29, 0.717) is 6.42 Å². The topological polar surface area (TPSA) is 92.8 Å². The van der Waals surface area contributed by atoms with Crippen molar-refractivity contribution < 1.29 is 18.9 Å². The minimum absolute atomic E-state index is 0.115. The average molecular weight is 255 g/mol. The minimum atomic E-state index is -4.18. The van der Waals surface area contributed by atoms with Gasteiger partial charge in [-0.2, -0.15) is 0 Å². The van der Waals surface area contributed by atoms with E-state index in [-0.39, 0.29) is 12.1 Å². The predicted molar refractivity (Wildman–Crippen MR) is 66.1 cm³/mol. The number of hydrogen-bond acceptors (Lipinski definition) is 3. The van der Waals surface area contributed by atoms with E-state index in [0.717, 1.165) is 19.3 Å². The van der Waals surface area contributed by atoms with Crippen molar-refractivity contribution in [2.24, 2.45) is 5.73 Å². The molecular formula is C10H26NO4P. The molecule has 0 amide bonds. The second-order valence-corrected chi connectivity index (χ2v) is 4.99. The van der Waals surface area contributed by atoms with Gasteiger partial charge in [-0.05, 0) is 25.7 Å². The molecule has 0 aromatic carbocycles. The first kappa shape index (κ1) is 18.4. The normalized spacial score (nSPS) is 11.9. The standard InChI is InChI=1S/C7H17N.C3H9O4P/c1-4-7(8,5-2)6-3;1-2-3-7-8(4,5)6/h4-6,8H2,1-3H3;2-3H2,1H3,(H2,4,5,6). The van der Waals surface area contributed by atoms with Crippen LogP contribution in [-0.4, -0.2) is 21.9 Å². The second-order valence-electron chi connectivity index (χ2n) is 3.75. The Hall–Kier alpha value is 0.0700. The molecule has 0 heterocycles. The molecule has 0 aromatic heterocycles. The Morgan fingerprint density at radius 1 is 1.12 bits per heavy atom. The fourth-order valence-corrected chi connectivity index (χ4v) is 1.38. The van der Waals surface area contributed by atoms with Gasteiger partial charge in [-0.15, -0.1) is 0 Å². The van der Waals surface area contributed by atoms with Crippen LogP contribution in [0.2, 0.25) is 0 Å². The fraction of sp³-hybridized carbons (Fsp3) is 1.00. The summed E-state index contributed by atoms with van der Waals surface area (Å²) in [6, 6.07) is 0. The third-order valence-corrected chi connectivity index (χ3v) is 3.09. The molecule has 100 valence electrons. The van der Waals surface area contributed by atoms with Gasteiger partial charge in [-0.1, -0.05) is 27.7 Å². The molecule has 0 atom stereocenters. The summed E-state index contributed by atoms with van der Waals surface area (Å²) in [5.41, 5.74) is 6.02. The molecule has 16 heavy (non-hydrogen) atoms. The van der Waals surface area contributed by atoms with Gasteiger partial charge in [-0.3, -0.25) is 4.52 Å². The number of rotatable bonds is 6. The molecule has 0 radical (unpaired) electrons. The lowest BCUT2D eigenvalue weighted by Gasteiger charge is -2.23. The predicted octanol–water partition coefficient (Wildman–Crippen LogP) is 2.42. The van der Waals surface area contributed by atoms with Gasteiger partial charge in [-0.25, -0.2) is 4.57 Å². The molecule has 6 heteroatoms. The lowest BCUT2D eigenvalue weighted by atomic mass is 9.92. The molecule has 0 aliphatic heterocycles. The van der Waals surface area contributed by atoms with E-state index in [4.69, 9.17) is 15.5 Å². The highest BCUT2D eigenvalue weighted by atomic mass is 31.2. The Morgan fingerprint density at radius 2 is 1.50 bits per heavy atom. The highest BCUT2D eigenvalue weighted by Crippen LogP contribution is 2.35. The summed E-state index contributed by atoms with van der Waals surface area (Å²) in [6.45, 7) is 8.33. The van der Waals surface area contributed by atoms with E-state index in [1.807, 2.05) is 0 Å². The van der Waals surface area contributed by atoms with Crippen LogP contribution < -0.4 is 5.73 Å². The van der Waals surface area contributed by atoms with Crippen molar-refractivity contribution >= 4 is 7.82 Å². The maximum absolute atomic E-state index is 9.86. The van der Waals surface area contributed by atoms with Gasteiger partial charge >= 0.3 is 7.82 Å². The molecule has 5 nitrogen and oxygen atoms in total. The first-order valence-corrected chi connectivity index (χ1v) is 7.26. The molecular weight excluding hydrogens is 229 g/mol. The SMILES string of the molecule is CCC(N)(CC)CC.CCCOP(=O)(O)O. The number of nitrogens with two attached hydrogens (primary N) is 1. The van der Waals surface area contributed by atoms with Crippen LogP contribution in [0.4, 0.5) is 0 Å². The van der Waals surface area contributed by atoms with Crippen LogP contribution in [0.5, 0.6) is 0 Å². The Kier molecular flexibility index (Phi) is 10.5. The molecule has 0 aliphatic carbocycles.